The van der Waals surface area contributed by atoms with Gasteiger partial charge in [0.05, 0.1) is 12.1 Å². The van der Waals surface area contributed by atoms with Gasteiger partial charge >= 0.3 is 5.97 Å². The van der Waals surface area contributed by atoms with Crippen molar-refractivity contribution in [2.24, 2.45) is 5.16 Å². The summed E-state index contributed by atoms with van der Waals surface area (Å²) in [5.74, 6) is -0.815. The van der Waals surface area contributed by atoms with Crippen molar-refractivity contribution in [1.29, 1.82) is 0 Å². The number of unbranched alkanes of at least 4 members (excludes halogenated alkanes) is 16. The van der Waals surface area contributed by atoms with Crippen LogP contribution in [0.5, 0.6) is 0 Å². The highest BCUT2D eigenvalue weighted by molar-refractivity contribution is 5.97. The van der Waals surface area contributed by atoms with Crippen LogP contribution in [-0.2, 0) is 9.63 Å². The van der Waals surface area contributed by atoms with Gasteiger partial charge in [0.25, 0.3) is 0 Å². The molecule has 0 aromatic rings. The lowest BCUT2D eigenvalue weighted by Gasteiger charge is -2.06. The van der Waals surface area contributed by atoms with Gasteiger partial charge in [-0.3, -0.25) is 4.79 Å². The van der Waals surface area contributed by atoms with Crippen molar-refractivity contribution in [3.8, 4) is 0 Å². The van der Waals surface area contributed by atoms with Crippen molar-refractivity contribution in [3.63, 3.8) is 0 Å². The third-order valence-electron chi connectivity index (χ3n) is 5.46. The highest BCUT2D eigenvalue weighted by atomic mass is 16.6. The Bertz CT molecular complexity index is 382. The summed E-state index contributed by atoms with van der Waals surface area (Å²) in [5, 5.41) is 13.2. The van der Waals surface area contributed by atoms with Crippen LogP contribution in [0.2, 0.25) is 0 Å². The summed E-state index contributed by atoms with van der Waals surface area (Å²) < 4.78 is 0. The number of oxime groups is 1. The van der Waals surface area contributed by atoms with E-state index in [1.807, 2.05) is 0 Å². The summed E-state index contributed by atoms with van der Waals surface area (Å²) in [7, 11) is 0. The SMILES string of the molecule is CCCCCCCCCCCCCCC/C(CC(=O)O)=N\OCCCCCCC. The molecule has 0 radical (unpaired) electrons. The molecule has 4 heteroatoms. The molecular weight excluding hydrogens is 362 g/mol. The second-order valence-electron chi connectivity index (χ2n) is 8.47. The Hall–Kier alpha value is -1.06. The van der Waals surface area contributed by atoms with Crippen molar-refractivity contribution in [2.75, 3.05) is 6.61 Å². The molecule has 0 amide bonds. The predicted octanol–water partition coefficient (Wildman–Crippen LogP) is 8.29. The minimum atomic E-state index is -0.815. The highest BCUT2D eigenvalue weighted by Gasteiger charge is 2.07. The summed E-state index contributed by atoms with van der Waals surface area (Å²) in [6.07, 6.45) is 23.8. The zero-order valence-corrected chi connectivity index (χ0v) is 19.6. The van der Waals surface area contributed by atoms with E-state index in [0.717, 1.165) is 32.1 Å². The Balaban J connectivity index is 3.61. The third kappa shape index (κ3) is 23.1. The normalized spacial score (nSPS) is 11.7. The molecule has 0 fully saturated rings. The standard InChI is InChI=1S/C25H49NO3/c1-3-5-7-9-10-11-12-13-14-15-16-17-19-21-24(23-25(27)28)26-29-22-20-18-8-6-4-2/h3-23H2,1-2H3,(H,27,28)/b26-24+. The molecule has 0 unspecified atom stereocenters. The summed E-state index contributed by atoms with van der Waals surface area (Å²) in [4.78, 5) is 16.4. The van der Waals surface area contributed by atoms with Gasteiger partial charge in [-0.05, 0) is 25.7 Å². The van der Waals surface area contributed by atoms with E-state index in [-0.39, 0.29) is 6.42 Å². The maximum Gasteiger partial charge on any atom is 0.309 e. The van der Waals surface area contributed by atoms with Crippen molar-refractivity contribution in [1.82, 2.24) is 0 Å². The van der Waals surface area contributed by atoms with Crippen LogP contribution < -0.4 is 0 Å². The number of rotatable bonds is 23. The van der Waals surface area contributed by atoms with Gasteiger partial charge in [0.15, 0.2) is 0 Å². The number of hydrogen-bond acceptors (Lipinski definition) is 3. The van der Waals surface area contributed by atoms with Crippen molar-refractivity contribution in [2.45, 2.75) is 142 Å². The number of hydrogen-bond donors (Lipinski definition) is 1. The van der Waals surface area contributed by atoms with Gasteiger partial charge < -0.3 is 9.94 Å². The van der Waals surface area contributed by atoms with Gasteiger partial charge in [-0.1, -0.05) is 115 Å². The fourth-order valence-electron chi connectivity index (χ4n) is 3.59. The van der Waals surface area contributed by atoms with Crippen molar-refractivity contribution < 1.29 is 14.7 Å². The molecule has 0 aromatic carbocycles. The second kappa shape index (κ2) is 23.2. The molecule has 0 aromatic heterocycles. The van der Waals surface area contributed by atoms with E-state index in [2.05, 4.69) is 19.0 Å². The molecule has 0 saturated carbocycles. The summed E-state index contributed by atoms with van der Waals surface area (Å²) >= 11 is 0. The Kier molecular flexibility index (Phi) is 22.4. The minimum Gasteiger partial charge on any atom is -0.481 e. The summed E-state index contributed by atoms with van der Waals surface area (Å²) in [5.41, 5.74) is 0.689. The number of carboxylic acids is 1. The smallest absolute Gasteiger partial charge is 0.309 e. The van der Waals surface area contributed by atoms with E-state index in [4.69, 9.17) is 9.94 Å². The third-order valence-corrected chi connectivity index (χ3v) is 5.46. The first kappa shape index (κ1) is 27.9. The molecule has 0 bridgehead atoms. The van der Waals surface area contributed by atoms with Crippen LogP contribution in [0, 0.1) is 0 Å². The van der Waals surface area contributed by atoms with Crippen LogP contribution in [0.25, 0.3) is 0 Å². The molecule has 0 spiro atoms. The molecule has 0 heterocycles. The molecule has 4 nitrogen and oxygen atoms in total. The molecule has 0 atom stereocenters. The minimum absolute atomic E-state index is 0.00803. The Morgan fingerprint density at radius 1 is 0.655 bits per heavy atom. The molecule has 0 aliphatic carbocycles. The van der Waals surface area contributed by atoms with Gasteiger partial charge in [0.1, 0.15) is 6.61 Å². The first-order valence-electron chi connectivity index (χ1n) is 12.6. The van der Waals surface area contributed by atoms with Gasteiger partial charge in [0.2, 0.25) is 0 Å². The molecule has 0 aliphatic heterocycles. The molecule has 0 aliphatic rings. The topological polar surface area (TPSA) is 58.9 Å². The Labute approximate surface area is 180 Å². The lowest BCUT2D eigenvalue weighted by Crippen LogP contribution is -2.08. The van der Waals surface area contributed by atoms with Gasteiger partial charge in [-0.15, -0.1) is 0 Å². The molecule has 0 rings (SSSR count). The van der Waals surface area contributed by atoms with E-state index in [1.165, 1.54) is 89.9 Å². The van der Waals surface area contributed by atoms with E-state index in [0.29, 0.717) is 12.3 Å². The van der Waals surface area contributed by atoms with Crippen LogP contribution >= 0.6 is 0 Å². The van der Waals surface area contributed by atoms with E-state index < -0.39 is 5.97 Å². The fraction of sp³-hybridized carbons (Fsp3) is 0.920. The molecule has 29 heavy (non-hydrogen) atoms. The van der Waals surface area contributed by atoms with Crippen LogP contribution in [0.4, 0.5) is 0 Å². The molecule has 172 valence electrons. The van der Waals surface area contributed by atoms with Gasteiger partial charge in [-0.2, -0.15) is 0 Å². The van der Waals surface area contributed by atoms with Crippen molar-refractivity contribution >= 4 is 11.7 Å². The van der Waals surface area contributed by atoms with Gasteiger partial charge in [0, 0.05) is 0 Å². The highest BCUT2D eigenvalue weighted by Crippen LogP contribution is 2.13. The maximum atomic E-state index is 11.0. The van der Waals surface area contributed by atoms with Crippen LogP contribution in [0.3, 0.4) is 0 Å². The van der Waals surface area contributed by atoms with Crippen LogP contribution in [0.15, 0.2) is 5.16 Å². The first-order valence-corrected chi connectivity index (χ1v) is 12.6. The second-order valence-corrected chi connectivity index (χ2v) is 8.47. The number of carboxylic acid groups (broad SMARTS) is 1. The number of nitrogens with zero attached hydrogens (tertiary/aromatic N) is 1. The molecule has 1 N–H and O–H groups in total. The average molecular weight is 412 g/mol. The maximum absolute atomic E-state index is 11.0. The summed E-state index contributed by atoms with van der Waals surface area (Å²) in [6.45, 7) is 5.07. The lowest BCUT2D eigenvalue weighted by atomic mass is 10.0. The van der Waals surface area contributed by atoms with E-state index in [1.54, 1.807) is 0 Å². The fourth-order valence-corrected chi connectivity index (χ4v) is 3.59. The van der Waals surface area contributed by atoms with Crippen LogP contribution in [-0.4, -0.2) is 23.4 Å². The zero-order valence-electron chi connectivity index (χ0n) is 19.6. The Morgan fingerprint density at radius 2 is 1.07 bits per heavy atom. The van der Waals surface area contributed by atoms with E-state index in [9.17, 15) is 4.79 Å². The Morgan fingerprint density at radius 3 is 1.52 bits per heavy atom. The number of carbonyl (C=O) groups is 1. The zero-order chi connectivity index (χ0) is 21.4. The van der Waals surface area contributed by atoms with E-state index >= 15 is 0 Å². The van der Waals surface area contributed by atoms with Crippen LogP contribution in [0.1, 0.15) is 142 Å². The number of aliphatic carboxylic acids is 1. The summed E-state index contributed by atoms with van der Waals surface area (Å²) in [6, 6.07) is 0. The molecule has 0 saturated heterocycles. The first-order chi connectivity index (χ1) is 14.2. The average Bonchev–Trinajstić information content (AvgIpc) is 2.70. The monoisotopic (exact) mass is 411 g/mol. The predicted molar refractivity (Wildman–Crippen MR) is 125 cm³/mol. The van der Waals surface area contributed by atoms with Crippen molar-refractivity contribution in [3.05, 3.63) is 0 Å². The quantitative estimate of drug-likeness (QED) is 0.104. The lowest BCUT2D eigenvalue weighted by molar-refractivity contribution is -0.135. The van der Waals surface area contributed by atoms with Gasteiger partial charge in [-0.25, -0.2) is 0 Å². The molecular formula is C25H49NO3. The largest absolute Gasteiger partial charge is 0.481 e.